The van der Waals surface area contributed by atoms with Crippen molar-refractivity contribution in [1.82, 2.24) is 14.9 Å². The molecule has 1 saturated heterocycles. The maximum absolute atomic E-state index is 11.5. The molecule has 3 rings (SSSR count). The molecule has 0 amide bonds. The molecule has 7 heteroatoms. The van der Waals surface area contributed by atoms with Crippen molar-refractivity contribution >= 4 is 17.7 Å². The Morgan fingerprint density at radius 1 is 1.28 bits per heavy atom. The molecule has 132 valence electrons. The number of thioether (sulfide) groups is 1. The van der Waals surface area contributed by atoms with E-state index in [1.807, 2.05) is 30.5 Å². The number of benzene rings is 1. The number of aromatic nitrogens is 2. The number of ether oxygens (including phenoxy) is 1. The zero-order chi connectivity index (χ0) is 17.8. The van der Waals surface area contributed by atoms with E-state index in [2.05, 4.69) is 21.8 Å². The van der Waals surface area contributed by atoms with Crippen LogP contribution in [-0.2, 0) is 4.74 Å². The molecule has 6 nitrogen and oxygen atoms in total. The van der Waals surface area contributed by atoms with E-state index in [1.54, 1.807) is 0 Å². The monoisotopic (exact) mass is 359 g/mol. The lowest BCUT2D eigenvalue weighted by Crippen LogP contribution is -2.37. The Morgan fingerprint density at radius 2 is 1.96 bits per heavy atom. The third-order valence-corrected chi connectivity index (χ3v) is 5.00. The SMILES string of the molecule is CSc1ncc(C(=O)O)c(-c2ccc([C@@H](C)N3CCOCC3)cc2)n1. The van der Waals surface area contributed by atoms with Gasteiger partial charge in [0, 0.05) is 30.9 Å². The van der Waals surface area contributed by atoms with Crippen LogP contribution in [0.5, 0.6) is 0 Å². The molecule has 1 aliphatic rings. The van der Waals surface area contributed by atoms with Gasteiger partial charge in [-0.3, -0.25) is 4.90 Å². The Bertz CT molecular complexity index is 746. The fraction of sp³-hybridized carbons (Fsp3) is 0.389. The standard InChI is InChI=1S/C18H21N3O3S/c1-12(21-7-9-24-10-8-21)13-3-5-14(6-4-13)16-15(17(22)23)11-19-18(20-16)25-2/h3-6,11-12H,7-10H2,1-2H3,(H,22,23)/t12-/m1/s1. The number of carbonyl (C=O) groups is 1. The van der Waals surface area contributed by atoms with Gasteiger partial charge in [-0.25, -0.2) is 14.8 Å². The maximum Gasteiger partial charge on any atom is 0.339 e. The van der Waals surface area contributed by atoms with Crippen LogP contribution in [-0.4, -0.2) is 58.5 Å². The highest BCUT2D eigenvalue weighted by Crippen LogP contribution is 2.27. The largest absolute Gasteiger partial charge is 0.478 e. The number of rotatable bonds is 5. The number of morpholine rings is 1. The second-order valence-electron chi connectivity index (χ2n) is 5.87. The van der Waals surface area contributed by atoms with Crippen molar-refractivity contribution < 1.29 is 14.6 Å². The first-order valence-electron chi connectivity index (χ1n) is 8.16. The highest BCUT2D eigenvalue weighted by molar-refractivity contribution is 7.98. The van der Waals surface area contributed by atoms with Crippen molar-refractivity contribution in [3.63, 3.8) is 0 Å². The van der Waals surface area contributed by atoms with Crippen molar-refractivity contribution in [2.24, 2.45) is 0 Å². The molecule has 2 aromatic rings. The maximum atomic E-state index is 11.5. The van der Waals surface area contributed by atoms with Crippen molar-refractivity contribution in [3.05, 3.63) is 41.6 Å². The third kappa shape index (κ3) is 4.00. The van der Waals surface area contributed by atoms with E-state index < -0.39 is 5.97 Å². The van der Waals surface area contributed by atoms with E-state index >= 15 is 0 Å². The summed E-state index contributed by atoms with van der Waals surface area (Å²) in [4.78, 5) is 22.3. The molecule has 0 spiro atoms. The van der Waals surface area contributed by atoms with Crippen LogP contribution >= 0.6 is 11.8 Å². The number of hydrogen-bond acceptors (Lipinski definition) is 6. The summed E-state index contributed by atoms with van der Waals surface area (Å²) < 4.78 is 5.41. The Balaban J connectivity index is 1.88. The summed E-state index contributed by atoms with van der Waals surface area (Å²) >= 11 is 1.39. The van der Waals surface area contributed by atoms with E-state index in [9.17, 15) is 9.90 Å². The van der Waals surface area contributed by atoms with Crippen LogP contribution in [0.2, 0.25) is 0 Å². The molecule has 0 radical (unpaired) electrons. The Hall–Kier alpha value is -1.96. The molecule has 1 aliphatic heterocycles. The lowest BCUT2D eigenvalue weighted by molar-refractivity contribution is 0.0198. The summed E-state index contributed by atoms with van der Waals surface area (Å²) in [6.07, 6.45) is 3.24. The molecule has 1 aromatic carbocycles. The van der Waals surface area contributed by atoms with Gasteiger partial charge in [-0.05, 0) is 18.7 Å². The van der Waals surface area contributed by atoms with E-state index in [0.29, 0.717) is 16.9 Å². The summed E-state index contributed by atoms with van der Waals surface area (Å²) in [5.41, 5.74) is 2.55. The molecule has 0 unspecified atom stereocenters. The van der Waals surface area contributed by atoms with Crippen LogP contribution in [0.4, 0.5) is 0 Å². The highest BCUT2D eigenvalue weighted by atomic mass is 32.2. The number of aromatic carboxylic acids is 1. The normalized spacial score (nSPS) is 16.6. The molecule has 1 atom stereocenters. The molecular formula is C18H21N3O3S. The van der Waals surface area contributed by atoms with Gasteiger partial charge in [-0.1, -0.05) is 36.0 Å². The van der Waals surface area contributed by atoms with Gasteiger partial charge in [-0.2, -0.15) is 0 Å². The number of carboxylic acids is 1. The average molecular weight is 359 g/mol. The summed E-state index contributed by atoms with van der Waals surface area (Å²) in [5, 5.41) is 9.96. The number of nitrogens with zero attached hydrogens (tertiary/aromatic N) is 3. The Labute approximate surface area is 151 Å². The van der Waals surface area contributed by atoms with Crippen molar-refractivity contribution in [3.8, 4) is 11.3 Å². The first-order chi connectivity index (χ1) is 12.1. The minimum Gasteiger partial charge on any atom is -0.478 e. The third-order valence-electron chi connectivity index (χ3n) is 4.44. The van der Waals surface area contributed by atoms with Crippen LogP contribution in [0.1, 0.15) is 28.9 Å². The lowest BCUT2D eigenvalue weighted by atomic mass is 10.0. The van der Waals surface area contributed by atoms with Gasteiger partial charge < -0.3 is 9.84 Å². The van der Waals surface area contributed by atoms with Crippen molar-refractivity contribution in [2.45, 2.75) is 18.1 Å². The van der Waals surface area contributed by atoms with Crippen LogP contribution in [0, 0.1) is 0 Å². The summed E-state index contributed by atoms with van der Waals surface area (Å²) in [7, 11) is 0. The van der Waals surface area contributed by atoms with Crippen LogP contribution < -0.4 is 0 Å². The summed E-state index contributed by atoms with van der Waals surface area (Å²) in [5.74, 6) is -1.02. The highest BCUT2D eigenvalue weighted by Gasteiger charge is 2.19. The molecular weight excluding hydrogens is 338 g/mol. The summed E-state index contributed by atoms with van der Waals surface area (Å²) in [6.45, 7) is 5.56. The van der Waals surface area contributed by atoms with E-state index in [0.717, 1.165) is 31.9 Å². The lowest BCUT2D eigenvalue weighted by Gasteiger charge is -2.32. The van der Waals surface area contributed by atoms with Gasteiger partial charge in [0.15, 0.2) is 5.16 Å². The van der Waals surface area contributed by atoms with Crippen LogP contribution in [0.15, 0.2) is 35.6 Å². The number of carboxylic acid groups (broad SMARTS) is 1. The minimum absolute atomic E-state index is 0.117. The van der Waals surface area contributed by atoms with E-state index in [4.69, 9.17) is 4.74 Å². The van der Waals surface area contributed by atoms with Crippen molar-refractivity contribution in [1.29, 1.82) is 0 Å². The average Bonchev–Trinajstić information content (AvgIpc) is 2.67. The second kappa shape index (κ2) is 7.95. The quantitative estimate of drug-likeness (QED) is 0.650. The Kier molecular flexibility index (Phi) is 5.67. The molecule has 0 saturated carbocycles. The topological polar surface area (TPSA) is 75.5 Å². The first-order valence-corrected chi connectivity index (χ1v) is 9.39. The molecule has 0 bridgehead atoms. The van der Waals surface area contributed by atoms with Gasteiger partial charge in [0.1, 0.15) is 5.56 Å². The van der Waals surface area contributed by atoms with Gasteiger partial charge in [0.2, 0.25) is 0 Å². The number of hydrogen-bond donors (Lipinski definition) is 1. The van der Waals surface area contributed by atoms with Crippen LogP contribution in [0.3, 0.4) is 0 Å². The predicted molar refractivity (Wildman–Crippen MR) is 97.0 cm³/mol. The van der Waals surface area contributed by atoms with Gasteiger partial charge in [-0.15, -0.1) is 0 Å². The fourth-order valence-electron chi connectivity index (χ4n) is 2.94. The molecule has 0 aliphatic carbocycles. The smallest absolute Gasteiger partial charge is 0.339 e. The summed E-state index contributed by atoms with van der Waals surface area (Å²) in [6, 6.07) is 8.25. The second-order valence-corrected chi connectivity index (χ2v) is 6.64. The van der Waals surface area contributed by atoms with Gasteiger partial charge >= 0.3 is 5.97 Å². The van der Waals surface area contributed by atoms with Crippen molar-refractivity contribution in [2.75, 3.05) is 32.6 Å². The molecule has 2 heterocycles. The van der Waals surface area contributed by atoms with E-state index in [1.165, 1.54) is 23.5 Å². The predicted octanol–water partition coefficient (Wildman–Crippen LogP) is 2.96. The molecule has 25 heavy (non-hydrogen) atoms. The zero-order valence-electron chi connectivity index (χ0n) is 14.3. The Morgan fingerprint density at radius 3 is 2.56 bits per heavy atom. The van der Waals surface area contributed by atoms with Gasteiger partial charge in [0.25, 0.3) is 0 Å². The molecule has 1 aromatic heterocycles. The fourth-order valence-corrected chi connectivity index (χ4v) is 3.28. The first kappa shape index (κ1) is 17.8. The van der Waals surface area contributed by atoms with Gasteiger partial charge in [0.05, 0.1) is 18.9 Å². The zero-order valence-corrected chi connectivity index (χ0v) is 15.1. The molecule has 1 N–H and O–H groups in total. The van der Waals surface area contributed by atoms with E-state index in [-0.39, 0.29) is 5.56 Å². The van der Waals surface area contributed by atoms with Crippen LogP contribution in [0.25, 0.3) is 11.3 Å². The molecule has 1 fully saturated rings. The minimum atomic E-state index is -1.02.